The van der Waals surface area contributed by atoms with E-state index in [4.69, 9.17) is 18.9 Å². The van der Waals surface area contributed by atoms with Gasteiger partial charge in [0, 0.05) is 11.8 Å². The maximum absolute atomic E-state index is 12.3. The molecule has 29 heavy (non-hydrogen) atoms. The minimum absolute atomic E-state index is 0.122. The van der Waals surface area contributed by atoms with E-state index in [1.54, 1.807) is 48.5 Å². The number of ether oxygens (including phenoxy) is 4. The van der Waals surface area contributed by atoms with Crippen LogP contribution in [0.1, 0.15) is 12.5 Å². The second-order valence-corrected chi connectivity index (χ2v) is 6.05. The van der Waals surface area contributed by atoms with Gasteiger partial charge in [0.2, 0.25) is 6.79 Å². The quantitative estimate of drug-likeness (QED) is 0.456. The number of anilines is 1. The molecule has 0 saturated heterocycles. The summed E-state index contributed by atoms with van der Waals surface area (Å²) in [7, 11) is 1.52. The minimum atomic E-state index is -1.12. The van der Waals surface area contributed by atoms with E-state index in [0.29, 0.717) is 28.5 Å². The zero-order valence-electron chi connectivity index (χ0n) is 15.8. The number of carbonyl (C=O) groups excluding carboxylic acids is 2. The zero-order chi connectivity index (χ0) is 20.8. The van der Waals surface area contributed by atoms with Crippen LogP contribution in [0, 0.1) is 11.3 Å². The number of rotatable bonds is 6. The molecule has 1 amide bonds. The average Bonchev–Trinajstić information content (AvgIpc) is 3.19. The van der Waals surface area contributed by atoms with Gasteiger partial charge in [-0.2, -0.15) is 5.26 Å². The van der Waals surface area contributed by atoms with Crippen LogP contribution in [0.4, 0.5) is 5.69 Å². The van der Waals surface area contributed by atoms with Gasteiger partial charge in [-0.3, -0.25) is 4.79 Å². The maximum Gasteiger partial charge on any atom is 0.349 e. The monoisotopic (exact) mass is 394 g/mol. The SMILES string of the molecule is COc1cccc(/C=C(\C#N)C(=O)O[C@H](C)C(=O)Nc2ccc3c(c2)OCO3)c1. The molecule has 1 N–H and O–H groups in total. The number of hydrogen-bond acceptors (Lipinski definition) is 7. The normalized spacial score (nSPS) is 13.2. The lowest BCUT2D eigenvalue weighted by Crippen LogP contribution is -2.30. The van der Waals surface area contributed by atoms with Crippen LogP contribution < -0.4 is 19.5 Å². The Balaban J connectivity index is 1.64. The van der Waals surface area contributed by atoms with Crippen molar-refractivity contribution in [1.82, 2.24) is 0 Å². The lowest BCUT2D eigenvalue weighted by Gasteiger charge is -2.13. The highest BCUT2D eigenvalue weighted by Crippen LogP contribution is 2.34. The van der Waals surface area contributed by atoms with Gasteiger partial charge < -0.3 is 24.3 Å². The van der Waals surface area contributed by atoms with E-state index < -0.39 is 18.0 Å². The van der Waals surface area contributed by atoms with E-state index in [2.05, 4.69) is 5.32 Å². The Bertz CT molecular complexity index is 1010. The van der Waals surface area contributed by atoms with Gasteiger partial charge in [-0.15, -0.1) is 0 Å². The molecule has 0 aliphatic carbocycles. The molecule has 8 heteroatoms. The van der Waals surface area contributed by atoms with Gasteiger partial charge in [0.15, 0.2) is 17.6 Å². The van der Waals surface area contributed by atoms with Gasteiger partial charge in [-0.25, -0.2) is 4.79 Å². The lowest BCUT2D eigenvalue weighted by molar-refractivity contribution is -0.148. The standard InChI is InChI=1S/C21H18N2O6/c1-13(20(24)23-16-6-7-18-19(10-16)28-12-27-18)29-21(25)15(11-22)8-14-4-3-5-17(9-14)26-2/h3-10,13H,12H2,1-2H3,(H,23,24)/b15-8+/t13-/m1/s1. The number of esters is 1. The fraction of sp³-hybridized carbons (Fsp3) is 0.190. The van der Waals surface area contributed by atoms with E-state index in [-0.39, 0.29) is 12.4 Å². The average molecular weight is 394 g/mol. The van der Waals surface area contributed by atoms with Crippen molar-refractivity contribution in [3.05, 3.63) is 53.6 Å². The van der Waals surface area contributed by atoms with Crippen LogP contribution in [0.25, 0.3) is 6.08 Å². The number of nitriles is 1. The van der Waals surface area contributed by atoms with Crippen LogP contribution in [-0.2, 0) is 14.3 Å². The molecule has 2 aromatic carbocycles. The molecular weight excluding hydrogens is 376 g/mol. The third-order valence-electron chi connectivity index (χ3n) is 4.04. The summed E-state index contributed by atoms with van der Waals surface area (Å²) >= 11 is 0. The van der Waals surface area contributed by atoms with Crippen molar-refractivity contribution in [3.8, 4) is 23.3 Å². The van der Waals surface area contributed by atoms with Gasteiger partial charge >= 0.3 is 5.97 Å². The van der Waals surface area contributed by atoms with Crippen molar-refractivity contribution in [2.75, 3.05) is 19.2 Å². The van der Waals surface area contributed by atoms with Crippen LogP contribution >= 0.6 is 0 Å². The van der Waals surface area contributed by atoms with Gasteiger partial charge in [-0.1, -0.05) is 12.1 Å². The molecule has 3 rings (SSSR count). The Labute approximate surface area is 167 Å². The van der Waals surface area contributed by atoms with Crippen molar-refractivity contribution in [1.29, 1.82) is 5.26 Å². The molecule has 1 heterocycles. The van der Waals surface area contributed by atoms with Gasteiger partial charge in [0.25, 0.3) is 5.91 Å². The van der Waals surface area contributed by atoms with Crippen molar-refractivity contribution >= 4 is 23.6 Å². The Morgan fingerprint density at radius 1 is 1.21 bits per heavy atom. The summed E-state index contributed by atoms with van der Waals surface area (Å²) < 4.78 is 20.7. The zero-order valence-corrected chi connectivity index (χ0v) is 15.8. The third kappa shape index (κ3) is 4.84. The molecule has 0 fully saturated rings. The van der Waals surface area contributed by atoms with Crippen LogP contribution in [0.2, 0.25) is 0 Å². The Morgan fingerprint density at radius 3 is 2.76 bits per heavy atom. The Kier molecular flexibility index (Phi) is 6.00. The van der Waals surface area contributed by atoms with E-state index in [0.717, 1.165) is 0 Å². The van der Waals surface area contributed by atoms with Gasteiger partial charge in [-0.05, 0) is 42.8 Å². The van der Waals surface area contributed by atoms with Crippen LogP contribution in [0.15, 0.2) is 48.0 Å². The first kappa shape index (κ1) is 19.8. The summed E-state index contributed by atoms with van der Waals surface area (Å²) in [6.07, 6.45) is 0.253. The van der Waals surface area contributed by atoms with E-state index in [1.807, 2.05) is 0 Å². The number of hydrogen-bond donors (Lipinski definition) is 1. The van der Waals surface area contributed by atoms with Gasteiger partial charge in [0.1, 0.15) is 17.4 Å². The van der Waals surface area contributed by atoms with Crippen LogP contribution in [0.3, 0.4) is 0 Å². The number of fused-ring (bicyclic) bond motifs is 1. The molecule has 0 saturated carbocycles. The minimum Gasteiger partial charge on any atom is -0.497 e. The number of amides is 1. The number of carbonyl (C=O) groups is 2. The number of benzene rings is 2. The van der Waals surface area contributed by atoms with E-state index >= 15 is 0 Å². The summed E-state index contributed by atoms with van der Waals surface area (Å²) in [5.74, 6) is 0.240. The largest absolute Gasteiger partial charge is 0.497 e. The van der Waals surface area contributed by atoms with Crippen molar-refractivity contribution in [2.45, 2.75) is 13.0 Å². The molecule has 0 radical (unpaired) electrons. The molecule has 1 aliphatic rings. The molecule has 2 aromatic rings. The fourth-order valence-electron chi connectivity index (χ4n) is 2.53. The van der Waals surface area contributed by atoms with E-state index in [9.17, 15) is 14.9 Å². The second kappa shape index (κ2) is 8.80. The summed E-state index contributed by atoms with van der Waals surface area (Å²) in [5, 5.41) is 11.9. The topological polar surface area (TPSA) is 107 Å². The Morgan fingerprint density at radius 2 is 2.00 bits per heavy atom. The molecule has 148 valence electrons. The van der Waals surface area contributed by atoms with Crippen molar-refractivity contribution in [2.24, 2.45) is 0 Å². The maximum atomic E-state index is 12.3. The smallest absolute Gasteiger partial charge is 0.349 e. The first-order valence-corrected chi connectivity index (χ1v) is 8.67. The second-order valence-electron chi connectivity index (χ2n) is 6.05. The van der Waals surface area contributed by atoms with Crippen LogP contribution in [-0.4, -0.2) is 31.9 Å². The van der Waals surface area contributed by atoms with E-state index in [1.165, 1.54) is 20.1 Å². The fourth-order valence-corrected chi connectivity index (χ4v) is 2.53. The predicted octanol–water partition coefficient (Wildman–Crippen LogP) is 2.90. The summed E-state index contributed by atoms with van der Waals surface area (Å²) in [6.45, 7) is 1.54. The number of nitrogens with zero attached hydrogens (tertiary/aromatic N) is 1. The third-order valence-corrected chi connectivity index (χ3v) is 4.04. The number of nitrogens with one attached hydrogen (secondary N) is 1. The Hall–Kier alpha value is -3.99. The molecule has 0 spiro atoms. The van der Waals surface area contributed by atoms with Crippen LogP contribution in [0.5, 0.6) is 17.2 Å². The molecule has 0 aromatic heterocycles. The van der Waals surface area contributed by atoms with Gasteiger partial charge in [0.05, 0.1) is 7.11 Å². The highest BCUT2D eigenvalue weighted by Gasteiger charge is 2.22. The number of methoxy groups -OCH3 is 1. The molecule has 1 aliphatic heterocycles. The highest BCUT2D eigenvalue weighted by atomic mass is 16.7. The predicted molar refractivity (Wildman–Crippen MR) is 103 cm³/mol. The molecule has 1 atom stereocenters. The summed E-state index contributed by atoms with van der Waals surface area (Å²) in [6, 6.07) is 13.6. The molecule has 0 bridgehead atoms. The molecule has 0 unspecified atom stereocenters. The first-order valence-electron chi connectivity index (χ1n) is 8.67. The molecule has 8 nitrogen and oxygen atoms in total. The molecular formula is C21H18N2O6. The van der Waals surface area contributed by atoms with Crippen molar-refractivity contribution in [3.63, 3.8) is 0 Å². The summed E-state index contributed by atoms with van der Waals surface area (Å²) in [4.78, 5) is 24.6. The van der Waals surface area contributed by atoms with Crippen molar-refractivity contribution < 1.29 is 28.5 Å². The summed E-state index contributed by atoms with van der Waals surface area (Å²) in [5.41, 5.74) is 0.825. The lowest BCUT2D eigenvalue weighted by atomic mass is 10.1. The highest BCUT2D eigenvalue weighted by molar-refractivity contribution is 6.01. The first-order chi connectivity index (χ1) is 14.0.